The Labute approximate surface area is 187 Å². The molecule has 0 saturated carbocycles. The van der Waals surface area contributed by atoms with Crippen LogP contribution in [0.5, 0.6) is 11.5 Å². The molecule has 0 bridgehead atoms. The van der Waals surface area contributed by atoms with Crippen molar-refractivity contribution in [2.24, 2.45) is 0 Å². The Kier molecular flexibility index (Phi) is 6.05. The number of fused-ring (bicyclic) bond motifs is 1. The van der Waals surface area contributed by atoms with Crippen molar-refractivity contribution in [3.8, 4) is 22.8 Å². The van der Waals surface area contributed by atoms with Crippen molar-refractivity contribution in [2.75, 3.05) is 34.4 Å². The number of halogens is 2. The second kappa shape index (κ2) is 8.61. The lowest BCUT2D eigenvalue weighted by molar-refractivity contribution is 0.171. The summed E-state index contributed by atoms with van der Waals surface area (Å²) in [6, 6.07) is 7.07. The van der Waals surface area contributed by atoms with Gasteiger partial charge in [0.25, 0.3) is 0 Å². The minimum Gasteiger partial charge on any atom is -0.496 e. The fourth-order valence-electron chi connectivity index (χ4n) is 4.41. The maximum Gasteiger partial charge on any atom is 0.197 e. The number of aliphatic hydroxyl groups excluding tert-OH is 1. The van der Waals surface area contributed by atoms with Crippen molar-refractivity contribution in [3.05, 3.63) is 56.4 Å². The van der Waals surface area contributed by atoms with Crippen molar-refractivity contribution >= 4 is 26.9 Å². The van der Waals surface area contributed by atoms with Gasteiger partial charge >= 0.3 is 0 Å². The Morgan fingerprint density at radius 1 is 1.23 bits per heavy atom. The summed E-state index contributed by atoms with van der Waals surface area (Å²) in [5.74, 6) is 0.519. The Bertz CT molecular complexity index is 1190. The number of aliphatic hydroxyl groups is 1. The molecule has 2 heterocycles. The van der Waals surface area contributed by atoms with Gasteiger partial charge in [0.15, 0.2) is 5.43 Å². The van der Waals surface area contributed by atoms with Crippen molar-refractivity contribution in [2.45, 2.75) is 18.4 Å². The quantitative estimate of drug-likeness (QED) is 0.577. The molecule has 1 aliphatic heterocycles. The third kappa shape index (κ3) is 3.73. The molecule has 1 fully saturated rings. The summed E-state index contributed by atoms with van der Waals surface area (Å²) < 4.78 is 31.9. The maximum atomic E-state index is 13.9. The monoisotopic (exact) mass is 491 g/mol. The fraction of sp³-hybridized carbons (Fsp3) is 0.348. The first kappa shape index (κ1) is 21.8. The average molecular weight is 492 g/mol. The number of ether oxygens (including phenoxy) is 2. The Morgan fingerprint density at radius 2 is 1.97 bits per heavy atom. The molecule has 4 rings (SSSR count). The van der Waals surface area contributed by atoms with Crippen LogP contribution in [0.2, 0.25) is 0 Å². The predicted molar refractivity (Wildman–Crippen MR) is 120 cm³/mol. The molecule has 164 valence electrons. The van der Waals surface area contributed by atoms with E-state index < -0.39 is 5.82 Å². The van der Waals surface area contributed by atoms with E-state index in [0.717, 1.165) is 13.0 Å². The van der Waals surface area contributed by atoms with E-state index in [1.165, 1.54) is 25.3 Å². The summed E-state index contributed by atoms with van der Waals surface area (Å²) in [6.45, 7) is 0.739. The Balaban J connectivity index is 2.07. The molecule has 8 heteroatoms. The molecule has 2 atom stereocenters. The van der Waals surface area contributed by atoms with Crippen LogP contribution in [0.4, 0.5) is 4.39 Å². The van der Waals surface area contributed by atoms with Gasteiger partial charge in [-0.1, -0.05) is 15.9 Å². The van der Waals surface area contributed by atoms with Crippen LogP contribution in [-0.4, -0.2) is 50.5 Å². The number of nitrogens with zero attached hydrogens (tertiary/aromatic N) is 1. The first-order valence-corrected chi connectivity index (χ1v) is 10.7. The van der Waals surface area contributed by atoms with Crippen LogP contribution >= 0.6 is 15.9 Å². The zero-order chi connectivity index (χ0) is 22.3. The van der Waals surface area contributed by atoms with Crippen molar-refractivity contribution < 1.29 is 23.4 Å². The topological polar surface area (TPSA) is 72.1 Å². The summed E-state index contributed by atoms with van der Waals surface area (Å²) in [5.41, 5.74) is 1.15. The smallest absolute Gasteiger partial charge is 0.197 e. The molecule has 0 spiro atoms. The molecule has 1 saturated heterocycles. The van der Waals surface area contributed by atoms with Crippen molar-refractivity contribution in [3.63, 3.8) is 0 Å². The highest BCUT2D eigenvalue weighted by Gasteiger charge is 2.37. The molecule has 31 heavy (non-hydrogen) atoms. The average Bonchev–Trinajstić information content (AvgIpc) is 3.13. The zero-order valence-electron chi connectivity index (χ0n) is 17.4. The normalized spacial score (nSPS) is 19.2. The number of benzene rings is 2. The van der Waals surface area contributed by atoms with Gasteiger partial charge in [-0.15, -0.1) is 0 Å². The van der Waals surface area contributed by atoms with Crippen LogP contribution in [0.3, 0.4) is 0 Å². The number of rotatable bonds is 5. The number of methoxy groups -OCH3 is 2. The minimum absolute atomic E-state index is 0.0444. The van der Waals surface area contributed by atoms with E-state index in [2.05, 4.69) is 20.8 Å². The van der Waals surface area contributed by atoms with Crippen LogP contribution in [0, 0.1) is 5.82 Å². The summed E-state index contributed by atoms with van der Waals surface area (Å²) >= 11 is 3.41. The summed E-state index contributed by atoms with van der Waals surface area (Å²) in [4.78, 5) is 15.3. The van der Waals surface area contributed by atoms with Crippen LogP contribution in [0.25, 0.3) is 22.3 Å². The highest BCUT2D eigenvalue weighted by molar-refractivity contribution is 9.10. The summed E-state index contributed by atoms with van der Waals surface area (Å²) in [5, 5.41) is 10.3. The van der Waals surface area contributed by atoms with E-state index in [4.69, 9.17) is 13.9 Å². The molecule has 1 aliphatic rings. The molecular formula is C23H23BrFNO5. The molecule has 0 unspecified atom stereocenters. The van der Waals surface area contributed by atoms with Gasteiger partial charge in [0.05, 0.1) is 20.8 Å². The molecule has 3 aromatic rings. The molecule has 0 radical (unpaired) electrons. The van der Waals surface area contributed by atoms with Gasteiger partial charge in [-0.2, -0.15) is 0 Å². The number of hydrogen-bond donors (Lipinski definition) is 1. The van der Waals surface area contributed by atoms with Crippen LogP contribution < -0.4 is 14.9 Å². The highest BCUT2D eigenvalue weighted by atomic mass is 79.9. The maximum absolute atomic E-state index is 13.9. The van der Waals surface area contributed by atoms with Gasteiger partial charge in [0.2, 0.25) is 0 Å². The van der Waals surface area contributed by atoms with Crippen molar-refractivity contribution in [1.29, 1.82) is 0 Å². The first-order chi connectivity index (χ1) is 14.9. The lowest BCUT2D eigenvalue weighted by Gasteiger charge is -2.25. The standard InChI is InChI=1S/C23H23BrFNO5/c1-26-7-6-13(16(26)11-27)21-19(29-2)10-20(30-3)22-17(28)9-18(31-23(21)22)14-8-12(25)4-5-15(14)24/h4-5,8-10,13,16,27H,6-7,11H2,1-3H3/t13-,16+/m0/s1. The van der Waals surface area contributed by atoms with Gasteiger partial charge < -0.3 is 23.9 Å². The van der Waals surface area contributed by atoms with E-state index in [0.29, 0.717) is 38.1 Å². The van der Waals surface area contributed by atoms with Gasteiger partial charge in [-0.05, 0) is 38.2 Å². The lowest BCUT2D eigenvalue weighted by Crippen LogP contribution is -2.32. The van der Waals surface area contributed by atoms with E-state index in [9.17, 15) is 14.3 Å². The van der Waals surface area contributed by atoms with Gasteiger partial charge in [-0.25, -0.2) is 4.39 Å². The molecule has 0 amide bonds. The summed E-state index contributed by atoms with van der Waals surface area (Å²) in [6.07, 6.45) is 0.761. The second-order valence-electron chi connectivity index (χ2n) is 7.62. The largest absolute Gasteiger partial charge is 0.496 e. The molecule has 0 aliphatic carbocycles. The van der Waals surface area contributed by atoms with E-state index in [-0.39, 0.29) is 29.8 Å². The third-order valence-corrected chi connectivity index (χ3v) is 6.67. The minimum atomic E-state index is -0.442. The van der Waals surface area contributed by atoms with Crippen LogP contribution in [0.1, 0.15) is 17.9 Å². The lowest BCUT2D eigenvalue weighted by atomic mass is 9.89. The van der Waals surface area contributed by atoms with Crippen LogP contribution in [0.15, 0.2) is 44.0 Å². The second-order valence-corrected chi connectivity index (χ2v) is 8.48. The molecule has 1 N–H and O–H groups in total. The molecule has 2 aromatic carbocycles. The predicted octanol–water partition coefficient (Wildman–Crippen LogP) is 4.16. The third-order valence-electron chi connectivity index (χ3n) is 5.98. The molecular weight excluding hydrogens is 469 g/mol. The van der Waals surface area contributed by atoms with E-state index in [1.54, 1.807) is 19.2 Å². The fourth-order valence-corrected chi connectivity index (χ4v) is 4.85. The molecule has 6 nitrogen and oxygen atoms in total. The van der Waals surface area contributed by atoms with Crippen molar-refractivity contribution in [1.82, 2.24) is 4.90 Å². The SMILES string of the molecule is COc1cc(OC)c2c(=O)cc(-c3cc(F)ccc3Br)oc2c1[C@H]1CCN(C)[C@@H]1CO. The van der Waals surface area contributed by atoms with Gasteiger partial charge in [-0.3, -0.25) is 4.79 Å². The number of likely N-dealkylation sites (N-methyl/N-ethyl adjacent to an activating group) is 1. The van der Waals surface area contributed by atoms with Crippen LogP contribution in [-0.2, 0) is 0 Å². The first-order valence-electron chi connectivity index (χ1n) is 9.88. The van der Waals surface area contributed by atoms with Gasteiger partial charge in [0, 0.05) is 39.7 Å². The highest BCUT2D eigenvalue weighted by Crippen LogP contribution is 2.45. The Hall–Kier alpha value is -2.42. The van der Waals surface area contributed by atoms with Gasteiger partial charge in [0.1, 0.15) is 34.0 Å². The number of hydrogen-bond acceptors (Lipinski definition) is 6. The molecule has 1 aromatic heterocycles. The zero-order valence-corrected chi connectivity index (χ0v) is 19.0. The van der Waals surface area contributed by atoms with E-state index in [1.807, 2.05) is 7.05 Å². The number of likely N-dealkylation sites (tertiary alicyclic amines) is 1. The van der Waals surface area contributed by atoms with E-state index >= 15 is 0 Å². The Morgan fingerprint density at radius 3 is 2.65 bits per heavy atom. The summed E-state index contributed by atoms with van der Waals surface area (Å²) in [7, 11) is 4.97.